The third-order valence-corrected chi connectivity index (χ3v) is 4.02. The van der Waals surface area contributed by atoms with E-state index in [0.29, 0.717) is 22.5 Å². The van der Waals surface area contributed by atoms with Gasteiger partial charge in [-0.3, -0.25) is 4.79 Å². The molecular formula is C17H14N2O4. The molecule has 0 atom stereocenters. The van der Waals surface area contributed by atoms with Crippen molar-refractivity contribution < 1.29 is 14.6 Å². The molecule has 2 aromatic heterocycles. The Labute approximate surface area is 130 Å². The summed E-state index contributed by atoms with van der Waals surface area (Å²) in [6.45, 7) is 0. The van der Waals surface area contributed by atoms with Gasteiger partial charge in [0.25, 0.3) is 5.56 Å². The predicted molar refractivity (Wildman–Crippen MR) is 87.8 cm³/mol. The number of ether oxygens (including phenoxy) is 2. The normalized spacial score (nSPS) is 11.4. The maximum atomic E-state index is 12.5. The van der Waals surface area contributed by atoms with Crippen molar-refractivity contribution in [3.8, 4) is 17.2 Å². The van der Waals surface area contributed by atoms with E-state index in [1.807, 2.05) is 16.7 Å². The zero-order valence-corrected chi connectivity index (χ0v) is 12.6. The minimum Gasteiger partial charge on any atom is -0.508 e. The van der Waals surface area contributed by atoms with Crippen molar-refractivity contribution in [2.24, 2.45) is 0 Å². The van der Waals surface area contributed by atoms with Crippen LogP contribution in [0, 0.1) is 0 Å². The third-order valence-electron chi connectivity index (χ3n) is 4.02. The van der Waals surface area contributed by atoms with Crippen LogP contribution in [0.25, 0.3) is 27.3 Å². The van der Waals surface area contributed by atoms with Crippen molar-refractivity contribution in [2.45, 2.75) is 0 Å². The van der Waals surface area contributed by atoms with Crippen LogP contribution in [0.1, 0.15) is 0 Å². The lowest BCUT2D eigenvalue weighted by atomic mass is 10.2. The summed E-state index contributed by atoms with van der Waals surface area (Å²) in [6, 6.07) is 8.52. The number of hydrogen-bond acceptors (Lipinski definition) is 4. The molecule has 4 aromatic rings. The summed E-state index contributed by atoms with van der Waals surface area (Å²) in [5.41, 5.74) is 1.66. The van der Waals surface area contributed by atoms with Gasteiger partial charge in [0.05, 0.1) is 25.3 Å². The minimum atomic E-state index is -0.231. The van der Waals surface area contributed by atoms with Gasteiger partial charge in [-0.1, -0.05) is 0 Å². The molecule has 2 N–H and O–H groups in total. The molecule has 0 spiro atoms. The Morgan fingerprint density at radius 1 is 1.09 bits per heavy atom. The van der Waals surface area contributed by atoms with Crippen LogP contribution in [0.3, 0.4) is 0 Å². The molecule has 0 unspecified atom stereocenters. The van der Waals surface area contributed by atoms with Crippen LogP contribution in [-0.2, 0) is 0 Å². The van der Waals surface area contributed by atoms with Crippen molar-refractivity contribution in [3.05, 3.63) is 46.9 Å². The summed E-state index contributed by atoms with van der Waals surface area (Å²) >= 11 is 0. The van der Waals surface area contributed by atoms with Crippen LogP contribution in [0.2, 0.25) is 0 Å². The lowest BCUT2D eigenvalue weighted by Gasteiger charge is -2.07. The molecule has 0 saturated carbocycles. The summed E-state index contributed by atoms with van der Waals surface area (Å²) in [4.78, 5) is 15.3. The first-order chi connectivity index (χ1) is 11.1. The average molecular weight is 310 g/mol. The van der Waals surface area contributed by atoms with Gasteiger partial charge in [-0.05, 0) is 24.3 Å². The molecule has 0 saturated heterocycles. The fraction of sp³-hybridized carbons (Fsp3) is 0.118. The summed E-state index contributed by atoms with van der Waals surface area (Å²) in [6.07, 6.45) is 1.88. The van der Waals surface area contributed by atoms with Gasteiger partial charge in [-0.15, -0.1) is 0 Å². The van der Waals surface area contributed by atoms with E-state index in [9.17, 15) is 9.90 Å². The summed E-state index contributed by atoms with van der Waals surface area (Å²) in [7, 11) is 3.13. The van der Waals surface area contributed by atoms with E-state index in [4.69, 9.17) is 9.47 Å². The highest BCUT2D eigenvalue weighted by Crippen LogP contribution is 2.34. The molecular weight excluding hydrogens is 296 g/mol. The smallest absolute Gasteiger partial charge is 0.273 e. The number of methoxy groups -OCH3 is 2. The van der Waals surface area contributed by atoms with E-state index in [2.05, 4.69) is 4.98 Å². The van der Waals surface area contributed by atoms with Gasteiger partial charge < -0.3 is 24.0 Å². The minimum absolute atomic E-state index is 0.104. The summed E-state index contributed by atoms with van der Waals surface area (Å²) in [5, 5.41) is 11.3. The summed E-state index contributed by atoms with van der Waals surface area (Å²) in [5.74, 6) is 1.28. The van der Waals surface area contributed by atoms with Crippen molar-refractivity contribution in [1.29, 1.82) is 0 Å². The van der Waals surface area contributed by atoms with Crippen LogP contribution in [-0.4, -0.2) is 28.7 Å². The number of aromatic hydroxyl groups is 1. The second-order valence-corrected chi connectivity index (χ2v) is 5.30. The van der Waals surface area contributed by atoms with Gasteiger partial charge in [0.1, 0.15) is 11.3 Å². The van der Waals surface area contributed by atoms with Crippen LogP contribution in [0.15, 0.2) is 41.3 Å². The largest absolute Gasteiger partial charge is 0.508 e. The number of fused-ring (bicyclic) bond motifs is 5. The fourth-order valence-corrected chi connectivity index (χ4v) is 2.98. The van der Waals surface area contributed by atoms with Crippen LogP contribution < -0.4 is 15.0 Å². The first kappa shape index (κ1) is 13.5. The number of hydrogen-bond donors (Lipinski definition) is 2. The molecule has 0 aliphatic carbocycles. The Balaban J connectivity index is 2.22. The number of rotatable bonds is 2. The second kappa shape index (κ2) is 4.67. The Morgan fingerprint density at radius 3 is 2.57 bits per heavy atom. The summed E-state index contributed by atoms with van der Waals surface area (Å²) < 4.78 is 12.5. The van der Waals surface area contributed by atoms with Gasteiger partial charge in [-0.2, -0.15) is 0 Å². The first-order valence-corrected chi connectivity index (χ1v) is 7.04. The Morgan fingerprint density at radius 2 is 1.83 bits per heavy atom. The van der Waals surface area contributed by atoms with Gasteiger partial charge in [0.15, 0.2) is 11.5 Å². The molecule has 23 heavy (non-hydrogen) atoms. The Bertz CT molecular complexity index is 1120. The van der Waals surface area contributed by atoms with Crippen LogP contribution in [0.4, 0.5) is 0 Å². The van der Waals surface area contributed by atoms with Crippen molar-refractivity contribution >= 4 is 27.3 Å². The van der Waals surface area contributed by atoms with E-state index in [0.717, 1.165) is 16.3 Å². The number of nitrogens with zero attached hydrogens (tertiary/aromatic N) is 1. The van der Waals surface area contributed by atoms with Crippen molar-refractivity contribution in [1.82, 2.24) is 9.38 Å². The van der Waals surface area contributed by atoms with Gasteiger partial charge in [0.2, 0.25) is 0 Å². The number of phenolic OH excluding ortho intramolecular Hbond substituents is 1. The van der Waals surface area contributed by atoms with Gasteiger partial charge >= 0.3 is 0 Å². The number of aromatic amines is 1. The molecule has 2 aromatic carbocycles. The first-order valence-electron chi connectivity index (χ1n) is 7.04. The second-order valence-electron chi connectivity index (χ2n) is 5.30. The Hall–Kier alpha value is -3.15. The van der Waals surface area contributed by atoms with Crippen molar-refractivity contribution in [3.63, 3.8) is 0 Å². The van der Waals surface area contributed by atoms with Crippen LogP contribution in [0.5, 0.6) is 17.2 Å². The molecule has 4 rings (SSSR count). The van der Waals surface area contributed by atoms with E-state index in [1.54, 1.807) is 32.4 Å². The average Bonchev–Trinajstić information content (AvgIpc) is 2.92. The molecule has 0 fully saturated rings. The molecule has 6 nitrogen and oxygen atoms in total. The SMILES string of the molecule is COc1cc2cn3c4ccc(O)cc4[nH]c(=O)c3c2cc1OC. The molecule has 0 aliphatic heterocycles. The molecule has 0 radical (unpaired) electrons. The zero-order valence-electron chi connectivity index (χ0n) is 12.6. The highest BCUT2D eigenvalue weighted by atomic mass is 16.5. The molecule has 0 amide bonds. The van der Waals surface area contributed by atoms with Gasteiger partial charge in [-0.25, -0.2) is 0 Å². The number of nitrogens with one attached hydrogen (secondary N) is 1. The quantitative estimate of drug-likeness (QED) is 0.597. The van der Waals surface area contributed by atoms with E-state index in [1.165, 1.54) is 6.07 Å². The zero-order chi connectivity index (χ0) is 16.1. The molecule has 0 bridgehead atoms. The number of benzene rings is 2. The van der Waals surface area contributed by atoms with E-state index in [-0.39, 0.29) is 11.3 Å². The number of aromatic nitrogens is 2. The maximum absolute atomic E-state index is 12.5. The standard InChI is InChI=1S/C17H14N2O4/c1-22-14-5-9-8-19-13-4-3-10(20)6-12(13)18-17(21)16(19)11(9)7-15(14)23-2/h3-8,20H,1-2H3,(H,18,21). The monoisotopic (exact) mass is 310 g/mol. The lowest BCUT2D eigenvalue weighted by molar-refractivity contribution is 0.356. The van der Waals surface area contributed by atoms with Gasteiger partial charge in [0, 0.05) is 23.0 Å². The van der Waals surface area contributed by atoms with Crippen molar-refractivity contribution in [2.75, 3.05) is 14.2 Å². The highest BCUT2D eigenvalue weighted by Gasteiger charge is 2.14. The lowest BCUT2D eigenvalue weighted by Crippen LogP contribution is -2.09. The van der Waals surface area contributed by atoms with Crippen LogP contribution >= 0.6 is 0 Å². The molecule has 2 heterocycles. The highest BCUT2D eigenvalue weighted by molar-refractivity contribution is 6.01. The maximum Gasteiger partial charge on any atom is 0.273 e. The fourth-order valence-electron chi connectivity index (χ4n) is 2.98. The molecule has 0 aliphatic rings. The molecule has 116 valence electrons. The topological polar surface area (TPSA) is 76.0 Å². The third kappa shape index (κ3) is 1.85. The Kier molecular flexibility index (Phi) is 2.74. The van der Waals surface area contributed by atoms with E-state index < -0.39 is 0 Å². The number of phenols is 1. The van der Waals surface area contributed by atoms with E-state index >= 15 is 0 Å². The predicted octanol–water partition coefficient (Wildman–Crippen LogP) is 2.66. The molecule has 6 heteroatoms. The number of H-pyrrole nitrogens is 1.